The van der Waals surface area contributed by atoms with Crippen LogP contribution in [0.3, 0.4) is 0 Å². The summed E-state index contributed by atoms with van der Waals surface area (Å²) in [5.41, 5.74) is 1.41. The molecule has 1 saturated carbocycles. The molecule has 3 rings (SSSR count). The number of aromatic nitrogens is 2. The summed E-state index contributed by atoms with van der Waals surface area (Å²) < 4.78 is 16.1. The normalized spacial score (nSPS) is 16.2. The number of halogens is 1. The molecule has 1 heterocycles. The monoisotopic (exact) mass is 345 g/mol. The van der Waals surface area contributed by atoms with E-state index in [9.17, 15) is 14.3 Å². The number of hydrogen-bond acceptors (Lipinski definition) is 3. The van der Waals surface area contributed by atoms with Gasteiger partial charge in [0.2, 0.25) is 0 Å². The quantitative estimate of drug-likeness (QED) is 0.927. The van der Waals surface area contributed by atoms with Crippen LogP contribution in [0.4, 0.5) is 4.39 Å². The van der Waals surface area contributed by atoms with Gasteiger partial charge < -0.3 is 10.0 Å². The summed E-state index contributed by atoms with van der Waals surface area (Å²) >= 11 is 0. The lowest BCUT2D eigenvalue weighted by Crippen LogP contribution is -2.42. The maximum absolute atomic E-state index is 14.5. The van der Waals surface area contributed by atoms with Crippen LogP contribution in [0.25, 0.3) is 5.69 Å². The van der Waals surface area contributed by atoms with E-state index in [1.165, 1.54) is 15.6 Å². The summed E-state index contributed by atoms with van der Waals surface area (Å²) in [6.07, 6.45) is 3.36. The van der Waals surface area contributed by atoms with Gasteiger partial charge in [-0.15, -0.1) is 0 Å². The van der Waals surface area contributed by atoms with Crippen LogP contribution in [0, 0.1) is 19.7 Å². The average molecular weight is 345 g/mol. The molecule has 0 saturated heterocycles. The summed E-state index contributed by atoms with van der Waals surface area (Å²) in [5.74, 6) is -0.788. The molecule has 6 heteroatoms. The first kappa shape index (κ1) is 17.6. The molecular formula is C19H24FN3O2. The third-order valence-electron chi connectivity index (χ3n) is 4.84. The number of aryl methyl sites for hydroxylation is 2. The molecule has 0 bridgehead atoms. The SMILES string of the molecule is Cc1cc(C)n(-c2ccc(C(=O)N(C)CC3(O)CCCC3)cc2F)n1. The minimum Gasteiger partial charge on any atom is -0.388 e. The summed E-state index contributed by atoms with van der Waals surface area (Å²) in [6.45, 7) is 3.98. The molecule has 1 fully saturated rings. The van der Waals surface area contributed by atoms with Crippen molar-refractivity contribution in [1.82, 2.24) is 14.7 Å². The highest BCUT2D eigenvalue weighted by molar-refractivity contribution is 5.94. The van der Waals surface area contributed by atoms with E-state index < -0.39 is 11.4 Å². The van der Waals surface area contributed by atoms with Crippen molar-refractivity contribution in [2.75, 3.05) is 13.6 Å². The highest BCUT2D eigenvalue weighted by atomic mass is 19.1. The molecule has 1 aliphatic rings. The van der Waals surface area contributed by atoms with Crippen molar-refractivity contribution < 1.29 is 14.3 Å². The van der Waals surface area contributed by atoms with Gasteiger partial charge in [0.1, 0.15) is 11.5 Å². The van der Waals surface area contributed by atoms with Gasteiger partial charge in [-0.3, -0.25) is 4.79 Å². The first-order valence-corrected chi connectivity index (χ1v) is 8.60. The van der Waals surface area contributed by atoms with E-state index in [4.69, 9.17) is 0 Å². The lowest BCUT2D eigenvalue weighted by molar-refractivity contribution is 0.0156. The fourth-order valence-electron chi connectivity index (χ4n) is 3.61. The largest absolute Gasteiger partial charge is 0.388 e. The molecule has 1 amide bonds. The van der Waals surface area contributed by atoms with Crippen LogP contribution in [0.1, 0.15) is 47.4 Å². The van der Waals surface area contributed by atoms with Crippen molar-refractivity contribution in [3.8, 4) is 5.69 Å². The fourth-order valence-corrected chi connectivity index (χ4v) is 3.61. The summed E-state index contributed by atoms with van der Waals surface area (Å²) in [7, 11) is 1.64. The zero-order valence-corrected chi connectivity index (χ0v) is 14.9. The maximum atomic E-state index is 14.5. The van der Waals surface area contributed by atoms with E-state index in [0.29, 0.717) is 18.5 Å². The van der Waals surface area contributed by atoms with Gasteiger partial charge in [0.15, 0.2) is 0 Å². The Hall–Kier alpha value is -2.21. The molecule has 1 aromatic carbocycles. The summed E-state index contributed by atoms with van der Waals surface area (Å²) in [5, 5.41) is 14.7. The second-order valence-electron chi connectivity index (χ2n) is 7.10. The number of benzene rings is 1. The topological polar surface area (TPSA) is 58.4 Å². The molecule has 0 aliphatic heterocycles. The second kappa shape index (κ2) is 6.59. The van der Waals surface area contributed by atoms with Gasteiger partial charge >= 0.3 is 0 Å². The number of amides is 1. The Kier molecular flexibility index (Phi) is 4.64. The zero-order chi connectivity index (χ0) is 18.2. The summed E-state index contributed by atoms with van der Waals surface area (Å²) in [4.78, 5) is 14.0. The van der Waals surface area contributed by atoms with E-state index in [1.54, 1.807) is 19.2 Å². The Labute approximate surface area is 147 Å². The number of carbonyl (C=O) groups is 1. The van der Waals surface area contributed by atoms with Gasteiger partial charge in [0.05, 0.1) is 11.3 Å². The van der Waals surface area contributed by atoms with Crippen LogP contribution in [-0.4, -0.2) is 44.9 Å². The number of aliphatic hydroxyl groups is 1. The van der Waals surface area contributed by atoms with Gasteiger partial charge in [0, 0.05) is 24.8 Å². The molecular weight excluding hydrogens is 321 g/mol. The highest BCUT2D eigenvalue weighted by Crippen LogP contribution is 2.30. The molecule has 0 spiro atoms. The minimum absolute atomic E-state index is 0.270. The average Bonchev–Trinajstić information content (AvgIpc) is 3.11. The Bertz CT molecular complexity index is 794. The number of carbonyl (C=O) groups excluding carboxylic acids is 1. The first-order valence-electron chi connectivity index (χ1n) is 8.60. The van der Waals surface area contributed by atoms with Gasteiger partial charge in [-0.2, -0.15) is 5.10 Å². The van der Waals surface area contributed by atoms with E-state index in [0.717, 1.165) is 24.2 Å². The van der Waals surface area contributed by atoms with E-state index in [-0.39, 0.29) is 18.0 Å². The smallest absolute Gasteiger partial charge is 0.253 e. The standard InChI is InChI=1S/C19H24FN3O2/c1-13-10-14(2)23(21-13)17-7-6-15(11-16(17)20)18(24)22(3)12-19(25)8-4-5-9-19/h6-7,10-11,25H,4-5,8-9,12H2,1-3H3. The zero-order valence-electron chi connectivity index (χ0n) is 14.9. The Morgan fingerprint density at radius 1 is 1.32 bits per heavy atom. The third kappa shape index (κ3) is 3.58. The molecule has 5 nitrogen and oxygen atoms in total. The van der Waals surface area contributed by atoms with Gasteiger partial charge in [-0.25, -0.2) is 9.07 Å². The lowest BCUT2D eigenvalue weighted by Gasteiger charge is -2.28. The third-order valence-corrected chi connectivity index (χ3v) is 4.84. The van der Waals surface area contributed by atoms with Gasteiger partial charge in [-0.1, -0.05) is 12.8 Å². The van der Waals surface area contributed by atoms with E-state index in [1.807, 2.05) is 19.9 Å². The van der Waals surface area contributed by atoms with Crippen molar-refractivity contribution in [2.45, 2.75) is 45.1 Å². The van der Waals surface area contributed by atoms with Gasteiger partial charge in [0.25, 0.3) is 5.91 Å². The maximum Gasteiger partial charge on any atom is 0.253 e. The Balaban J connectivity index is 1.80. The highest BCUT2D eigenvalue weighted by Gasteiger charge is 2.33. The van der Waals surface area contributed by atoms with Gasteiger partial charge in [-0.05, 0) is 51.0 Å². The molecule has 0 atom stereocenters. The molecule has 25 heavy (non-hydrogen) atoms. The first-order chi connectivity index (χ1) is 11.8. The number of rotatable bonds is 4. The number of hydrogen-bond donors (Lipinski definition) is 1. The van der Waals surface area contributed by atoms with Crippen LogP contribution in [0.15, 0.2) is 24.3 Å². The lowest BCUT2D eigenvalue weighted by atomic mass is 10.0. The second-order valence-corrected chi connectivity index (χ2v) is 7.10. The molecule has 1 aliphatic carbocycles. The van der Waals surface area contributed by atoms with Crippen LogP contribution in [0.5, 0.6) is 0 Å². The predicted molar refractivity (Wildman–Crippen MR) is 93.4 cm³/mol. The number of likely N-dealkylation sites (N-methyl/N-ethyl adjacent to an activating group) is 1. The van der Waals surface area contributed by atoms with Crippen LogP contribution < -0.4 is 0 Å². The van der Waals surface area contributed by atoms with Crippen LogP contribution >= 0.6 is 0 Å². The van der Waals surface area contributed by atoms with E-state index in [2.05, 4.69) is 5.10 Å². The molecule has 0 unspecified atom stereocenters. The molecule has 134 valence electrons. The molecule has 2 aromatic rings. The Morgan fingerprint density at radius 3 is 2.56 bits per heavy atom. The van der Waals surface area contributed by atoms with Crippen molar-refractivity contribution >= 4 is 5.91 Å². The van der Waals surface area contributed by atoms with Crippen LogP contribution in [-0.2, 0) is 0 Å². The Morgan fingerprint density at radius 2 is 2.00 bits per heavy atom. The number of nitrogens with zero attached hydrogens (tertiary/aromatic N) is 3. The van der Waals surface area contributed by atoms with Crippen molar-refractivity contribution in [3.05, 3.63) is 47.0 Å². The van der Waals surface area contributed by atoms with Crippen molar-refractivity contribution in [2.24, 2.45) is 0 Å². The van der Waals surface area contributed by atoms with Crippen LogP contribution in [0.2, 0.25) is 0 Å². The fraction of sp³-hybridized carbons (Fsp3) is 0.474. The van der Waals surface area contributed by atoms with Crippen molar-refractivity contribution in [3.63, 3.8) is 0 Å². The molecule has 0 radical (unpaired) electrons. The van der Waals surface area contributed by atoms with Crippen molar-refractivity contribution in [1.29, 1.82) is 0 Å². The molecule has 1 aromatic heterocycles. The van der Waals surface area contributed by atoms with E-state index >= 15 is 0 Å². The minimum atomic E-state index is -0.813. The predicted octanol–water partition coefficient (Wildman–Crippen LogP) is 3.01. The molecule has 1 N–H and O–H groups in total. The summed E-state index contributed by atoms with van der Waals surface area (Å²) in [6, 6.07) is 6.28.